The molecule has 1 amide bonds. The lowest BCUT2D eigenvalue weighted by molar-refractivity contribution is -0.541. The molecule has 0 N–H and O–H groups in total. The van der Waals surface area contributed by atoms with Crippen LogP contribution in [0.3, 0.4) is 0 Å². The summed E-state index contributed by atoms with van der Waals surface area (Å²) in [4.78, 5) is 13.2. The number of carbonyl (C=O) groups excluding carboxylic acids is 1. The fraction of sp³-hybridized carbons (Fsp3) is 0.619. The molecule has 2 atom stereocenters. The first kappa shape index (κ1) is 20.1. The minimum Gasteiger partial charge on any atom is -0.406 e. The maximum Gasteiger partial charge on any atom is 0.597 e. The van der Waals surface area contributed by atoms with E-state index >= 15 is 0 Å². The van der Waals surface area contributed by atoms with Crippen LogP contribution >= 0.6 is 0 Å². The Morgan fingerprint density at radius 2 is 1.89 bits per heavy atom. The van der Waals surface area contributed by atoms with Gasteiger partial charge in [-0.2, -0.15) is 4.79 Å². The average molecular weight is 393 g/mol. The highest BCUT2D eigenvalue weighted by Crippen LogP contribution is 2.44. The fourth-order valence-corrected chi connectivity index (χ4v) is 6.25. The SMILES string of the molecule is CC(C)(C)OC(=O)[N+]1=CCCC12CCCCC2CS(=O)(=O)c1ccccc1. The zero-order valence-corrected chi connectivity index (χ0v) is 17.3. The highest BCUT2D eigenvalue weighted by atomic mass is 32.2. The van der Waals surface area contributed by atoms with Crippen LogP contribution in [-0.4, -0.2) is 42.2 Å². The lowest BCUT2D eigenvalue weighted by Gasteiger charge is -2.37. The Balaban J connectivity index is 1.89. The smallest absolute Gasteiger partial charge is 0.406 e. The predicted octanol–water partition coefficient (Wildman–Crippen LogP) is 4.20. The Kier molecular flexibility index (Phi) is 5.48. The molecular weight excluding hydrogens is 362 g/mol. The highest BCUT2D eigenvalue weighted by molar-refractivity contribution is 7.91. The summed E-state index contributed by atoms with van der Waals surface area (Å²) in [6.07, 6.45) is 6.79. The molecule has 3 rings (SSSR count). The molecule has 1 heterocycles. The molecule has 1 spiro atoms. The normalized spacial score (nSPS) is 26.0. The minimum absolute atomic E-state index is 0.0736. The molecular formula is C21H30NO4S+. The van der Waals surface area contributed by atoms with Crippen molar-refractivity contribution in [2.24, 2.45) is 5.92 Å². The number of ether oxygens (including phenoxy) is 1. The van der Waals surface area contributed by atoms with Crippen LogP contribution in [0.1, 0.15) is 59.3 Å². The van der Waals surface area contributed by atoms with Gasteiger partial charge in [-0.25, -0.2) is 8.42 Å². The Hall–Kier alpha value is -1.69. The first-order valence-corrected chi connectivity index (χ1v) is 11.4. The standard InChI is InChI=1S/C21H30NO4S/c1-20(2,3)26-19(23)22-15-9-14-21(22)13-8-7-10-17(21)16-27(24,25)18-11-5-4-6-12-18/h4-6,11-12,15,17H,7-10,13-14,16H2,1-3H3/q+1. The van der Waals surface area contributed by atoms with Crippen LogP contribution in [0.2, 0.25) is 0 Å². The quantitative estimate of drug-likeness (QED) is 0.723. The Morgan fingerprint density at radius 3 is 2.56 bits per heavy atom. The summed E-state index contributed by atoms with van der Waals surface area (Å²) in [6.45, 7) is 5.56. The first-order valence-electron chi connectivity index (χ1n) is 9.78. The Labute approximate surface area is 162 Å². The van der Waals surface area contributed by atoms with Crippen molar-refractivity contribution in [3.8, 4) is 0 Å². The van der Waals surface area contributed by atoms with Crippen molar-refractivity contribution >= 4 is 22.1 Å². The molecule has 0 bridgehead atoms. The molecule has 1 aliphatic heterocycles. The molecule has 1 aromatic carbocycles. The topological polar surface area (TPSA) is 63.5 Å². The maximum atomic E-state index is 13.0. The summed E-state index contributed by atoms with van der Waals surface area (Å²) in [5, 5.41) is 0. The minimum atomic E-state index is -3.40. The van der Waals surface area contributed by atoms with Gasteiger partial charge >= 0.3 is 6.09 Å². The summed E-state index contributed by atoms with van der Waals surface area (Å²) in [7, 11) is -3.40. The summed E-state index contributed by atoms with van der Waals surface area (Å²) in [5.41, 5.74) is -1.02. The lowest BCUT2D eigenvalue weighted by Crippen LogP contribution is -2.53. The van der Waals surface area contributed by atoms with E-state index in [-0.39, 0.29) is 17.8 Å². The number of hydrogen-bond donors (Lipinski definition) is 0. The zero-order valence-electron chi connectivity index (χ0n) is 16.5. The molecule has 2 aliphatic rings. The molecule has 0 aromatic heterocycles. The van der Waals surface area contributed by atoms with Gasteiger partial charge in [0.2, 0.25) is 0 Å². The lowest BCUT2D eigenvalue weighted by atomic mass is 9.72. The molecule has 1 fully saturated rings. The van der Waals surface area contributed by atoms with Crippen LogP contribution in [0, 0.1) is 5.92 Å². The largest absolute Gasteiger partial charge is 0.597 e. The number of rotatable bonds is 3. The predicted molar refractivity (Wildman–Crippen MR) is 105 cm³/mol. The number of benzene rings is 1. The van der Waals surface area contributed by atoms with Gasteiger partial charge in [0.1, 0.15) is 5.60 Å². The second-order valence-electron chi connectivity index (χ2n) is 8.71. The van der Waals surface area contributed by atoms with Crippen LogP contribution in [0.4, 0.5) is 4.79 Å². The second kappa shape index (κ2) is 7.38. The van der Waals surface area contributed by atoms with Crippen LogP contribution in [0.15, 0.2) is 35.2 Å². The molecule has 0 radical (unpaired) electrons. The summed E-state index contributed by atoms with van der Waals surface area (Å²) in [6, 6.07) is 8.62. The Bertz CT molecular complexity index is 823. The monoisotopic (exact) mass is 392 g/mol. The molecule has 5 nitrogen and oxygen atoms in total. The number of nitrogens with zero attached hydrogens (tertiary/aromatic N) is 1. The molecule has 27 heavy (non-hydrogen) atoms. The first-order chi connectivity index (χ1) is 12.6. The Morgan fingerprint density at radius 1 is 1.19 bits per heavy atom. The van der Waals surface area contributed by atoms with Crippen LogP contribution in [0.5, 0.6) is 0 Å². The number of amides is 1. The number of carbonyl (C=O) groups is 1. The van der Waals surface area contributed by atoms with E-state index in [2.05, 4.69) is 0 Å². The summed E-state index contributed by atoms with van der Waals surface area (Å²) < 4.78 is 33.3. The third kappa shape index (κ3) is 4.26. The van der Waals surface area contributed by atoms with Crippen LogP contribution in [-0.2, 0) is 14.6 Å². The van der Waals surface area contributed by atoms with E-state index in [1.54, 1.807) is 28.8 Å². The van der Waals surface area contributed by atoms with Crippen molar-refractivity contribution in [1.82, 2.24) is 0 Å². The van der Waals surface area contributed by atoms with E-state index < -0.39 is 21.0 Å². The molecule has 0 saturated heterocycles. The highest BCUT2D eigenvalue weighted by Gasteiger charge is 2.57. The van der Waals surface area contributed by atoms with Gasteiger partial charge in [0.25, 0.3) is 0 Å². The van der Waals surface area contributed by atoms with Crippen molar-refractivity contribution in [3.05, 3.63) is 30.3 Å². The molecule has 1 aromatic rings. The van der Waals surface area contributed by atoms with Crippen molar-refractivity contribution in [2.75, 3.05) is 5.75 Å². The number of hydrogen-bond acceptors (Lipinski definition) is 4. The van der Waals surface area contributed by atoms with Gasteiger partial charge in [0.15, 0.2) is 21.6 Å². The fourth-order valence-electron chi connectivity index (χ4n) is 4.48. The van der Waals surface area contributed by atoms with Gasteiger partial charge in [0, 0.05) is 25.2 Å². The number of sulfone groups is 1. The van der Waals surface area contributed by atoms with Gasteiger partial charge in [0.05, 0.1) is 10.6 Å². The summed E-state index contributed by atoms with van der Waals surface area (Å²) in [5.74, 6) is -0.00725. The van der Waals surface area contributed by atoms with Gasteiger partial charge in [-0.15, -0.1) is 4.58 Å². The molecule has 6 heteroatoms. The van der Waals surface area contributed by atoms with Gasteiger partial charge in [-0.05, 0) is 45.7 Å². The zero-order chi connectivity index (χ0) is 19.7. The van der Waals surface area contributed by atoms with Gasteiger partial charge in [-0.3, -0.25) is 0 Å². The van der Waals surface area contributed by atoms with Gasteiger partial charge in [-0.1, -0.05) is 24.6 Å². The van der Waals surface area contributed by atoms with Crippen LogP contribution < -0.4 is 0 Å². The maximum absolute atomic E-state index is 13.0. The molecule has 148 valence electrons. The van der Waals surface area contributed by atoms with E-state index in [1.165, 1.54) is 0 Å². The van der Waals surface area contributed by atoms with Gasteiger partial charge < -0.3 is 4.74 Å². The average Bonchev–Trinajstić information content (AvgIpc) is 3.01. The van der Waals surface area contributed by atoms with Crippen molar-refractivity contribution < 1.29 is 22.5 Å². The van der Waals surface area contributed by atoms with Crippen molar-refractivity contribution in [2.45, 2.75) is 75.3 Å². The van der Waals surface area contributed by atoms with E-state index in [9.17, 15) is 13.2 Å². The van der Waals surface area contributed by atoms with E-state index in [4.69, 9.17) is 4.74 Å². The molecule has 1 saturated carbocycles. The van der Waals surface area contributed by atoms with E-state index in [1.807, 2.05) is 33.1 Å². The summed E-state index contributed by atoms with van der Waals surface area (Å²) >= 11 is 0. The van der Waals surface area contributed by atoms with Crippen molar-refractivity contribution in [1.29, 1.82) is 0 Å². The third-order valence-corrected chi connectivity index (χ3v) is 7.49. The molecule has 2 unspecified atom stereocenters. The van der Waals surface area contributed by atoms with E-state index in [0.717, 1.165) is 38.5 Å². The van der Waals surface area contributed by atoms with E-state index in [0.29, 0.717) is 4.90 Å². The third-order valence-electron chi connectivity index (χ3n) is 5.65. The molecule has 1 aliphatic carbocycles. The van der Waals surface area contributed by atoms with Crippen molar-refractivity contribution in [3.63, 3.8) is 0 Å². The van der Waals surface area contributed by atoms with Crippen LogP contribution in [0.25, 0.3) is 0 Å². The second-order valence-corrected chi connectivity index (χ2v) is 10.7.